The van der Waals surface area contributed by atoms with E-state index in [1.54, 1.807) is 50.2 Å². The monoisotopic (exact) mass is 367 g/mol. The number of hydrogen-bond acceptors (Lipinski definition) is 7. The van der Waals surface area contributed by atoms with Gasteiger partial charge in [0.25, 0.3) is 5.91 Å². The van der Waals surface area contributed by atoms with Crippen LogP contribution in [0.25, 0.3) is 0 Å². The minimum absolute atomic E-state index is 0.0915. The van der Waals surface area contributed by atoms with Crippen LogP contribution in [0.15, 0.2) is 40.9 Å². The molecule has 2 aromatic heterocycles. The Morgan fingerprint density at radius 1 is 1.11 bits per heavy atom. The molecule has 140 valence electrons. The molecule has 0 unspecified atom stereocenters. The van der Waals surface area contributed by atoms with E-state index in [0.29, 0.717) is 23.0 Å². The highest BCUT2D eigenvalue weighted by atomic mass is 16.5. The van der Waals surface area contributed by atoms with Gasteiger partial charge in [-0.05, 0) is 58.0 Å². The lowest BCUT2D eigenvalue weighted by Crippen LogP contribution is -2.15. The number of carbonyl (C=O) groups excluding carboxylic acids is 1. The molecule has 0 aliphatic rings. The van der Waals surface area contributed by atoms with Crippen LogP contribution in [0.1, 0.15) is 35.8 Å². The van der Waals surface area contributed by atoms with E-state index in [4.69, 9.17) is 9.26 Å². The molecule has 3 rings (SSSR count). The van der Waals surface area contributed by atoms with Gasteiger partial charge in [-0.1, -0.05) is 5.16 Å². The molecule has 2 N–H and O–H groups in total. The van der Waals surface area contributed by atoms with Crippen molar-refractivity contribution in [1.29, 1.82) is 0 Å². The van der Waals surface area contributed by atoms with E-state index < -0.39 is 0 Å². The Morgan fingerprint density at radius 2 is 1.85 bits per heavy atom. The van der Waals surface area contributed by atoms with E-state index in [0.717, 1.165) is 5.75 Å². The molecule has 0 spiro atoms. The molecule has 8 heteroatoms. The molecule has 8 nitrogen and oxygen atoms in total. The lowest BCUT2D eigenvalue weighted by atomic mass is 10.2. The molecule has 0 aliphatic heterocycles. The standard InChI is InChI=1S/C19H21N5O3/c1-11(2)26-15-7-5-14(6-8-15)21-18(25)16-9-12(3)20-19(22-16)23-17-10-13(4)27-24-17/h5-11H,1-4H3,(H,21,25)(H,20,22,23,24). The third kappa shape index (κ3) is 5.04. The molecule has 2 heterocycles. The number of carbonyl (C=O) groups is 1. The molecule has 1 aromatic carbocycles. The SMILES string of the molecule is Cc1cc(C(=O)Nc2ccc(OC(C)C)cc2)nc(Nc2cc(C)on2)n1. The van der Waals surface area contributed by atoms with Crippen LogP contribution in [0.5, 0.6) is 5.75 Å². The zero-order chi connectivity index (χ0) is 19.4. The first kappa shape index (κ1) is 18.4. The number of aryl methyl sites for hydroxylation is 2. The van der Waals surface area contributed by atoms with Gasteiger partial charge in [0.2, 0.25) is 5.95 Å². The fraction of sp³-hybridized carbons (Fsp3) is 0.263. The zero-order valence-electron chi connectivity index (χ0n) is 15.6. The van der Waals surface area contributed by atoms with Crippen LogP contribution in [0, 0.1) is 13.8 Å². The maximum absolute atomic E-state index is 12.5. The summed E-state index contributed by atoms with van der Waals surface area (Å²) < 4.78 is 10.6. The summed E-state index contributed by atoms with van der Waals surface area (Å²) in [6, 6.07) is 10.5. The summed E-state index contributed by atoms with van der Waals surface area (Å²) in [6.07, 6.45) is 0.0915. The quantitative estimate of drug-likeness (QED) is 0.682. The van der Waals surface area contributed by atoms with Crippen molar-refractivity contribution in [3.05, 3.63) is 53.5 Å². The maximum Gasteiger partial charge on any atom is 0.274 e. The van der Waals surface area contributed by atoms with Crippen molar-refractivity contribution in [3.8, 4) is 5.75 Å². The van der Waals surface area contributed by atoms with E-state index in [-0.39, 0.29) is 23.7 Å². The van der Waals surface area contributed by atoms with Crippen LogP contribution in [0.2, 0.25) is 0 Å². The second kappa shape index (κ2) is 7.86. The van der Waals surface area contributed by atoms with Crippen LogP contribution >= 0.6 is 0 Å². The molecule has 0 atom stereocenters. The number of hydrogen-bond donors (Lipinski definition) is 2. The van der Waals surface area contributed by atoms with Gasteiger partial charge in [-0.2, -0.15) is 0 Å². The Bertz CT molecular complexity index is 935. The number of rotatable bonds is 6. The summed E-state index contributed by atoms with van der Waals surface area (Å²) in [5.41, 5.74) is 1.54. The molecule has 0 aliphatic carbocycles. The predicted octanol–water partition coefficient (Wildman–Crippen LogP) is 3.86. The first-order valence-electron chi connectivity index (χ1n) is 8.53. The summed E-state index contributed by atoms with van der Waals surface area (Å²) in [7, 11) is 0. The molecular formula is C19H21N5O3. The van der Waals surface area contributed by atoms with Crippen LogP contribution in [0.3, 0.4) is 0 Å². The van der Waals surface area contributed by atoms with Gasteiger partial charge in [0.1, 0.15) is 17.2 Å². The molecule has 27 heavy (non-hydrogen) atoms. The number of amides is 1. The molecule has 0 bridgehead atoms. The minimum atomic E-state index is -0.336. The van der Waals surface area contributed by atoms with E-state index in [2.05, 4.69) is 25.8 Å². The summed E-state index contributed by atoms with van der Waals surface area (Å²) >= 11 is 0. The molecule has 3 aromatic rings. The number of nitrogens with zero attached hydrogens (tertiary/aromatic N) is 3. The summed E-state index contributed by atoms with van der Waals surface area (Å²) in [6.45, 7) is 7.49. The average Bonchev–Trinajstić information content (AvgIpc) is 3.00. The van der Waals surface area contributed by atoms with Crippen LogP contribution in [0.4, 0.5) is 17.5 Å². The van der Waals surface area contributed by atoms with Crippen molar-refractivity contribution in [2.24, 2.45) is 0 Å². The third-order valence-corrected chi connectivity index (χ3v) is 3.44. The fourth-order valence-corrected chi connectivity index (χ4v) is 2.36. The lowest BCUT2D eigenvalue weighted by molar-refractivity contribution is 0.102. The van der Waals surface area contributed by atoms with Gasteiger partial charge in [-0.25, -0.2) is 9.97 Å². The first-order chi connectivity index (χ1) is 12.9. The molecule has 0 saturated heterocycles. The van der Waals surface area contributed by atoms with Gasteiger partial charge >= 0.3 is 0 Å². The normalized spacial score (nSPS) is 10.7. The van der Waals surface area contributed by atoms with Crippen molar-refractivity contribution in [3.63, 3.8) is 0 Å². The minimum Gasteiger partial charge on any atom is -0.491 e. The Balaban J connectivity index is 1.72. The van der Waals surface area contributed by atoms with Gasteiger partial charge in [0, 0.05) is 17.4 Å². The lowest BCUT2D eigenvalue weighted by Gasteiger charge is -2.11. The highest BCUT2D eigenvalue weighted by Gasteiger charge is 2.12. The second-order valence-corrected chi connectivity index (χ2v) is 6.31. The Morgan fingerprint density at radius 3 is 2.48 bits per heavy atom. The fourth-order valence-electron chi connectivity index (χ4n) is 2.36. The van der Waals surface area contributed by atoms with E-state index in [1.807, 2.05) is 13.8 Å². The van der Waals surface area contributed by atoms with Crippen LogP contribution < -0.4 is 15.4 Å². The summed E-state index contributed by atoms with van der Waals surface area (Å²) in [5.74, 6) is 1.82. The van der Waals surface area contributed by atoms with Gasteiger partial charge in [-0.15, -0.1) is 0 Å². The summed E-state index contributed by atoms with van der Waals surface area (Å²) in [4.78, 5) is 21.1. The molecular weight excluding hydrogens is 346 g/mol. The largest absolute Gasteiger partial charge is 0.491 e. The maximum atomic E-state index is 12.5. The molecule has 0 saturated carbocycles. The average molecular weight is 367 g/mol. The van der Waals surface area contributed by atoms with E-state index in [9.17, 15) is 4.79 Å². The molecule has 0 fully saturated rings. The van der Waals surface area contributed by atoms with Gasteiger partial charge in [0.15, 0.2) is 5.82 Å². The van der Waals surface area contributed by atoms with Crippen molar-refractivity contribution in [1.82, 2.24) is 15.1 Å². The smallest absolute Gasteiger partial charge is 0.274 e. The van der Waals surface area contributed by atoms with Gasteiger partial charge in [0.05, 0.1) is 6.10 Å². The summed E-state index contributed by atoms with van der Waals surface area (Å²) in [5, 5.41) is 9.57. The Labute approximate surface area is 157 Å². The number of ether oxygens (including phenoxy) is 1. The molecule has 1 amide bonds. The van der Waals surface area contributed by atoms with Gasteiger partial charge in [-0.3, -0.25) is 4.79 Å². The second-order valence-electron chi connectivity index (χ2n) is 6.31. The third-order valence-electron chi connectivity index (χ3n) is 3.44. The highest BCUT2D eigenvalue weighted by molar-refractivity contribution is 6.03. The van der Waals surface area contributed by atoms with Crippen molar-refractivity contribution in [2.45, 2.75) is 33.8 Å². The molecule has 0 radical (unpaired) electrons. The van der Waals surface area contributed by atoms with E-state index >= 15 is 0 Å². The van der Waals surface area contributed by atoms with E-state index in [1.165, 1.54) is 0 Å². The highest BCUT2D eigenvalue weighted by Crippen LogP contribution is 2.18. The Hall–Kier alpha value is -3.42. The van der Waals surface area contributed by atoms with Crippen molar-refractivity contribution < 1.29 is 14.1 Å². The number of anilines is 3. The number of nitrogens with one attached hydrogen (secondary N) is 2. The Kier molecular flexibility index (Phi) is 5.35. The predicted molar refractivity (Wildman–Crippen MR) is 101 cm³/mol. The van der Waals surface area contributed by atoms with Crippen LogP contribution in [-0.4, -0.2) is 27.1 Å². The topological polar surface area (TPSA) is 102 Å². The number of benzene rings is 1. The van der Waals surface area contributed by atoms with Gasteiger partial charge < -0.3 is 19.9 Å². The number of aromatic nitrogens is 3. The first-order valence-corrected chi connectivity index (χ1v) is 8.53. The zero-order valence-corrected chi connectivity index (χ0v) is 15.6. The van der Waals surface area contributed by atoms with Crippen molar-refractivity contribution >= 4 is 23.4 Å². The van der Waals surface area contributed by atoms with Crippen molar-refractivity contribution in [2.75, 3.05) is 10.6 Å². The van der Waals surface area contributed by atoms with Crippen LogP contribution in [-0.2, 0) is 0 Å².